The van der Waals surface area contributed by atoms with Crippen molar-refractivity contribution in [2.45, 2.75) is 0 Å². The van der Waals surface area contributed by atoms with E-state index in [4.69, 9.17) is 12.2 Å². The summed E-state index contributed by atoms with van der Waals surface area (Å²) < 4.78 is 0.485. The molecule has 2 N–H and O–H groups in total. The van der Waals surface area contributed by atoms with Crippen molar-refractivity contribution in [2.24, 2.45) is 0 Å². The summed E-state index contributed by atoms with van der Waals surface area (Å²) in [6.45, 7) is 3.96. The summed E-state index contributed by atoms with van der Waals surface area (Å²) in [5, 5.41) is 18.6. The number of hydrogen-bond acceptors (Lipinski definition) is 5. The fraction of sp³-hybridized carbons (Fsp3) is 0.0769. The van der Waals surface area contributed by atoms with Gasteiger partial charge in [-0.05, 0) is 23.8 Å². The van der Waals surface area contributed by atoms with Crippen molar-refractivity contribution in [3.63, 3.8) is 0 Å². The van der Waals surface area contributed by atoms with Gasteiger partial charge >= 0.3 is 0 Å². The van der Waals surface area contributed by atoms with Gasteiger partial charge in [-0.1, -0.05) is 36.1 Å². The van der Waals surface area contributed by atoms with Crippen LogP contribution in [0.5, 0.6) is 11.5 Å². The van der Waals surface area contributed by atoms with Crippen molar-refractivity contribution in [1.82, 2.24) is 4.90 Å². The van der Waals surface area contributed by atoms with Crippen molar-refractivity contribution in [1.29, 1.82) is 0 Å². The van der Waals surface area contributed by atoms with Gasteiger partial charge in [-0.25, -0.2) is 0 Å². The van der Waals surface area contributed by atoms with Crippen LogP contribution in [0.2, 0.25) is 0 Å². The standard InChI is InChI=1S/C13H11NO3S2/c1-2-5-14-12(17)11(19-13(14)18)7-8-3-4-9(15)10(16)6-8/h2-4,6-7,15-16H,1,5H2/b11-7-. The monoisotopic (exact) mass is 293 g/mol. The molecule has 1 aromatic carbocycles. The van der Waals surface area contributed by atoms with Gasteiger partial charge in [0.1, 0.15) is 4.32 Å². The molecule has 1 aliphatic heterocycles. The van der Waals surface area contributed by atoms with Crippen molar-refractivity contribution in [2.75, 3.05) is 6.54 Å². The largest absolute Gasteiger partial charge is 0.504 e. The Hall–Kier alpha value is -1.79. The zero-order chi connectivity index (χ0) is 14.0. The molecule has 6 heteroatoms. The second kappa shape index (κ2) is 5.46. The summed E-state index contributed by atoms with van der Waals surface area (Å²) in [7, 11) is 0. The van der Waals surface area contributed by atoms with Crippen LogP contribution in [0.15, 0.2) is 35.8 Å². The molecular formula is C13H11NO3S2. The number of benzene rings is 1. The van der Waals surface area contributed by atoms with Gasteiger partial charge in [-0.2, -0.15) is 0 Å². The molecule has 0 atom stereocenters. The average molecular weight is 293 g/mol. The maximum Gasteiger partial charge on any atom is 0.266 e. The Balaban J connectivity index is 2.29. The van der Waals surface area contributed by atoms with Gasteiger partial charge in [0.05, 0.1) is 4.91 Å². The van der Waals surface area contributed by atoms with E-state index in [1.807, 2.05) is 0 Å². The predicted molar refractivity (Wildman–Crippen MR) is 79.8 cm³/mol. The first-order valence-electron chi connectivity index (χ1n) is 5.41. The maximum absolute atomic E-state index is 12.1. The summed E-state index contributed by atoms with van der Waals surface area (Å²) in [5.74, 6) is -0.603. The number of carbonyl (C=O) groups excluding carboxylic acids is 1. The first-order chi connectivity index (χ1) is 9.02. The second-order valence-electron chi connectivity index (χ2n) is 3.83. The Bertz CT molecular complexity index is 596. The van der Waals surface area contributed by atoms with Crippen molar-refractivity contribution >= 4 is 40.3 Å². The minimum absolute atomic E-state index is 0.178. The predicted octanol–water partition coefficient (Wildman–Crippen LogP) is 2.49. The summed E-state index contributed by atoms with van der Waals surface area (Å²) in [6, 6.07) is 4.36. The van der Waals surface area contributed by atoms with Crippen molar-refractivity contribution < 1.29 is 15.0 Å². The zero-order valence-corrected chi connectivity index (χ0v) is 11.5. The van der Waals surface area contributed by atoms with Crippen LogP contribution in [0.25, 0.3) is 6.08 Å². The summed E-state index contributed by atoms with van der Waals surface area (Å²) in [4.78, 5) is 14.0. The normalized spacial score (nSPS) is 17.3. The van der Waals surface area contributed by atoms with Crippen LogP contribution in [0, 0.1) is 0 Å². The smallest absolute Gasteiger partial charge is 0.266 e. The van der Waals surface area contributed by atoms with Crippen LogP contribution in [-0.4, -0.2) is 31.9 Å². The number of thiocarbonyl (C=S) groups is 1. The molecule has 1 aromatic rings. The SMILES string of the molecule is C=CCN1C(=O)/C(=C/c2ccc(O)c(O)c2)SC1=S. The lowest BCUT2D eigenvalue weighted by atomic mass is 10.2. The highest BCUT2D eigenvalue weighted by molar-refractivity contribution is 8.26. The average Bonchev–Trinajstić information content (AvgIpc) is 2.62. The Kier molecular flexibility index (Phi) is 3.92. The number of phenolic OH excluding ortho intramolecular Hbond substituents is 2. The molecule has 0 saturated carbocycles. The number of amides is 1. The van der Waals surface area contributed by atoms with Gasteiger partial charge < -0.3 is 10.2 Å². The summed E-state index contributed by atoms with van der Waals surface area (Å²) in [5.41, 5.74) is 0.620. The first kappa shape index (κ1) is 13.6. The molecule has 1 saturated heterocycles. The quantitative estimate of drug-likeness (QED) is 0.388. The highest BCUT2D eigenvalue weighted by atomic mass is 32.2. The van der Waals surface area contributed by atoms with Gasteiger partial charge in [0.15, 0.2) is 11.5 Å². The molecule has 0 bridgehead atoms. The molecule has 98 valence electrons. The number of thioether (sulfide) groups is 1. The lowest BCUT2D eigenvalue weighted by Crippen LogP contribution is -2.27. The van der Waals surface area contributed by atoms with Crippen molar-refractivity contribution in [3.05, 3.63) is 41.3 Å². The van der Waals surface area contributed by atoms with E-state index in [0.29, 0.717) is 21.3 Å². The third-order valence-electron chi connectivity index (χ3n) is 2.48. The second-order valence-corrected chi connectivity index (χ2v) is 5.50. The molecular weight excluding hydrogens is 282 g/mol. The first-order valence-corrected chi connectivity index (χ1v) is 6.63. The van der Waals surface area contributed by atoms with Crippen LogP contribution < -0.4 is 0 Å². The zero-order valence-electron chi connectivity index (χ0n) is 9.87. The molecule has 2 rings (SSSR count). The van der Waals surface area contributed by atoms with Crippen LogP contribution in [-0.2, 0) is 4.79 Å². The highest BCUT2D eigenvalue weighted by Gasteiger charge is 2.30. The van der Waals surface area contributed by atoms with E-state index in [-0.39, 0.29) is 17.4 Å². The summed E-state index contributed by atoms with van der Waals surface area (Å²) >= 11 is 6.32. The Morgan fingerprint density at radius 3 is 2.74 bits per heavy atom. The number of nitrogens with zero attached hydrogens (tertiary/aromatic N) is 1. The minimum Gasteiger partial charge on any atom is -0.504 e. The van der Waals surface area contributed by atoms with E-state index in [9.17, 15) is 15.0 Å². The van der Waals surface area contributed by atoms with Gasteiger partial charge in [0.25, 0.3) is 5.91 Å². The molecule has 0 aromatic heterocycles. The molecule has 1 aliphatic rings. The molecule has 0 radical (unpaired) electrons. The third-order valence-corrected chi connectivity index (χ3v) is 3.86. The van der Waals surface area contributed by atoms with E-state index in [0.717, 1.165) is 0 Å². The van der Waals surface area contributed by atoms with Crippen LogP contribution in [0.4, 0.5) is 0 Å². The van der Waals surface area contributed by atoms with E-state index in [2.05, 4.69) is 6.58 Å². The summed E-state index contributed by atoms with van der Waals surface area (Å²) in [6.07, 6.45) is 3.24. The topological polar surface area (TPSA) is 60.8 Å². The van der Waals surface area contributed by atoms with E-state index < -0.39 is 0 Å². The molecule has 0 aliphatic carbocycles. The molecule has 1 fully saturated rings. The minimum atomic E-state index is -0.227. The fourth-order valence-electron chi connectivity index (χ4n) is 1.57. The molecule has 4 nitrogen and oxygen atoms in total. The Morgan fingerprint density at radius 2 is 2.11 bits per heavy atom. The van der Waals surface area contributed by atoms with Crippen LogP contribution in [0.3, 0.4) is 0 Å². The number of aromatic hydroxyl groups is 2. The number of hydrogen-bond donors (Lipinski definition) is 2. The molecule has 0 spiro atoms. The molecule has 19 heavy (non-hydrogen) atoms. The van der Waals surface area contributed by atoms with Gasteiger partial charge in [0.2, 0.25) is 0 Å². The van der Waals surface area contributed by atoms with Gasteiger partial charge in [0, 0.05) is 6.54 Å². The van der Waals surface area contributed by atoms with Crippen LogP contribution in [0.1, 0.15) is 5.56 Å². The van der Waals surface area contributed by atoms with Crippen molar-refractivity contribution in [3.8, 4) is 11.5 Å². The molecule has 0 unspecified atom stereocenters. The number of phenols is 2. The number of rotatable bonds is 3. The van der Waals surface area contributed by atoms with E-state index >= 15 is 0 Å². The highest BCUT2D eigenvalue weighted by Crippen LogP contribution is 2.33. The maximum atomic E-state index is 12.1. The third kappa shape index (κ3) is 2.80. The Labute approximate surface area is 120 Å². The molecule has 1 heterocycles. The van der Waals surface area contributed by atoms with E-state index in [1.54, 1.807) is 18.2 Å². The van der Waals surface area contributed by atoms with Crippen LogP contribution >= 0.6 is 24.0 Å². The van der Waals surface area contributed by atoms with Gasteiger partial charge in [-0.3, -0.25) is 9.69 Å². The van der Waals surface area contributed by atoms with Gasteiger partial charge in [-0.15, -0.1) is 6.58 Å². The Morgan fingerprint density at radius 1 is 1.37 bits per heavy atom. The molecule has 1 amide bonds. The lowest BCUT2D eigenvalue weighted by Gasteiger charge is -2.10. The number of carbonyl (C=O) groups is 1. The lowest BCUT2D eigenvalue weighted by molar-refractivity contribution is -0.121. The van der Waals surface area contributed by atoms with E-state index in [1.165, 1.54) is 28.8 Å². The fourth-order valence-corrected chi connectivity index (χ4v) is 2.84.